The van der Waals surface area contributed by atoms with Crippen LogP contribution in [-0.2, 0) is 0 Å². The molecule has 0 saturated heterocycles. The molecule has 0 spiro atoms. The van der Waals surface area contributed by atoms with Crippen LogP contribution in [0.2, 0.25) is 0 Å². The number of hydrogen-bond donors (Lipinski definition) is 2. The van der Waals surface area contributed by atoms with Gasteiger partial charge in [0.1, 0.15) is 11.5 Å². The van der Waals surface area contributed by atoms with Crippen molar-refractivity contribution in [3.63, 3.8) is 0 Å². The molecule has 0 aromatic carbocycles. The summed E-state index contributed by atoms with van der Waals surface area (Å²) in [5.41, 5.74) is 6.87. The number of aromatic nitrogens is 5. The first-order chi connectivity index (χ1) is 8.33. The molecule has 0 aliphatic carbocycles. The Kier molecular flexibility index (Phi) is 2.08. The van der Waals surface area contributed by atoms with Gasteiger partial charge >= 0.3 is 0 Å². The van der Waals surface area contributed by atoms with Gasteiger partial charge in [-0.15, -0.1) is 0 Å². The first kappa shape index (κ1) is 9.52. The van der Waals surface area contributed by atoms with E-state index in [0.717, 1.165) is 5.56 Å². The Hall–Kier alpha value is -2.70. The average Bonchev–Trinajstić information content (AvgIpc) is 2.98. The molecular formula is C10H8N6O. The molecule has 0 fully saturated rings. The summed E-state index contributed by atoms with van der Waals surface area (Å²) in [5.74, 6) is 1.19. The summed E-state index contributed by atoms with van der Waals surface area (Å²) in [6.07, 6.45) is 3.34. The highest BCUT2D eigenvalue weighted by molar-refractivity contribution is 5.58. The minimum atomic E-state index is 0.341. The third-order valence-corrected chi connectivity index (χ3v) is 2.17. The maximum atomic E-state index is 5.49. The van der Waals surface area contributed by atoms with Crippen LogP contribution < -0.4 is 5.73 Å². The summed E-state index contributed by atoms with van der Waals surface area (Å²) in [4.78, 5) is 8.20. The van der Waals surface area contributed by atoms with Gasteiger partial charge in [0.25, 0.3) is 5.89 Å². The van der Waals surface area contributed by atoms with E-state index in [1.165, 1.54) is 0 Å². The number of nitrogens with one attached hydrogen (secondary N) is 1. The zero-order valence-corrected chi connectivity index (χ0v) is 8.66. The third-order valence-electron chi connectivity index (χ3n) is 2.17. The van der Waals surface area contributed by atoms with Crippen LogP contribution >= 0.6 is 0 Å². The summed E-state index contributed by atoms with van der Waals surface area (Å²) in [6, 6.07) is 5.28. The highest BCUT2D eigenvalue weighted by atomic mass is 16.5. The average molecular weight is 228 g/mol. The zero-order valence-electron chi connectivity index (χ0n) is 8.66. The number of hydrogen-bond acceptors (Lipinski definition) is 6. The lowest BCUT2D eigenvalue weighted by atomic mass is 10.3. The SMILES string of the molecule is Nc1cc(-c2nc(-c3cccnc3)no2)[nH]n1. The van der Waals surface area contributed by atoms with Gasteiger partial charge in [-0.25, -0.2) is 0 Å². The second-order valence-electron chi connectivity index (χ2n) is 3.37. The van der Waals surface area contributed by atoms with Gasteiger partial charge in [0.05, 0.1) is 0 Å². The van der Waals surface area contributed by atoms with Crippen molar-refractivity contribution in [3.05, 3.63) is 30.6 Å². The van der Waals surface area contributed by atoms with Gasteiger partial charge in [0.2, 0.25) is 5.82 Å². The van der Waals surface area contributed by atoms with Crippen LogP contribution in [0.5, 0.6) is 0 Å². The van der Waals surface area contributed by atoms with E-state index in [4.69, 9.17) is 10.3 Å². The molecule has 17 heavy (non-hydrogen) atoms. The lowest BCUT2D eigenvalue weighted by Crippen LogP contribution is -1.82. The summed E-state index contributed by atoms with van der Waals surface area (Å²) >= 11 is 0. The second kappa shape index (κ2) is 3.71. The Morgan fingerprint density at radius 1 is 1.35 bits per heavy atom. The van der Waals surface area contributed by atoms with Crippen LogP contribution in [-0.4, -0.2) is 25.3 Å². The predicted octanol–water partition coefficient (Wildman–Crippen LogP) is 1.10. The lowest BCUT2D eigenvalue weighted by Gasteiger charge is -1.89. The molecule has 0 bridgehead atoms. The monoisotopic (exact) mass is 228 g/mol. The van der Waals surface area contributed by atoms with Gasteiger partial charge in [0.15, 0.2) is 0 Å². The third kappa shape index (κ3) is 1.73. The van der Waals surface area contributed by atoms with Crippen molar-refractivity contribution in [1.82, 2.24) is 25.3 Å². The molecule has 0 aliphatic rings. The van der Waals surface area contributed by atoms with Crippen molar-refractivity contribution < 1.29 is 4.52 Å². The van der Waals surface area contributed by atoms with E-state index in [9.17, 15) is 0 Å². The van der Waals surface area contributed by atoms with E-state index in [1.807, 2.05) is 6.07 Å². The van der Waals surface area contributed by atoms with Gasteiger partial charge in [-0.2, -0.15) is 10.1 Å². The summed E-state index contributed by atoms with van der Waals surface area (Å²) in [5, 5.41) is 10.3. The van der Waals surface area contributed by atoms with Crippen molar-refractivity contribution in [2.45, 2.75) is 0 Å². The van der Waals surface area contributed by atoms with Crippen LogP contribution in [0.3, 0.4) is 0 Å². The molecule has 7 heteroatoms. The molecule has 0 atom stereocenters. The molecular weight excluding hydrogens is 220 g/mol. The summed E-state index contributed by atoms with van der Waals surface area (Å²) in [6.45, 7) is 0. The maximum Gasteiger partial charge on any atom is 0.276 e. The van der Waals surface area contributed by atoms with E-state index in [-0.39, 0.29) is 0 Å². The molecule has 3 N–H and O–H groups in total. The lowest BCUT2D eigenvalue weighted by molar-refractivity contribution is 0.431. The minimum absolute atomic E-state index is 0.341. The second-order valence-corrected chi connectivity index (χ2v) is 3.37. The fourth-order valence-corrected chi connectivity index (χ4v) is 1.39. The molecule has 0 saturated carbocycles. The predicted molar refractivity (Wildman–Crippen MR) is 59.5 cm³/mol. The number of nitrogens with two attached hydrogens (primary N) is 1. The molecule has 0 aliphatic heterocycles. The summed E-state index contributed by atoms with van der Waals surface area (Å²) in [7, 11) is 0. The van der Waals surface area contributed by atoms with Crippen molar-refractivity contribution in [2.24, 2.45) is 0 Å². The van der Waals surface area contributed by atoms with Crippen LogP contribution in [0.1, 0.15) is 0 Å². The van der Waals surface area contributed by atoms with Gasteiger partial charge in [-0.1, -0.05) is 5.16 Å². The Bertz CT molecular complexity index is 629. The number of anilines is 1. The molecule has 84 valence electrons. The quantitative estimate of drug-likeness (QED) is 0.680. The van der Waals surface area contributed by atoms with Crippen LogP contribution in [0.4, 0.5) is 5.82 Å². The standard InChI is InChI=1S/C10H8N6O/c11-8-4-7(14-15-8)10-13-9(16-17-10)6-2-1-3-12-5-6/h1-5H,(H3,11,14,15). The fourth-order valence-electron chi connectivity index (χ4n) is 1.39. The molecule has 3 rings (SSSR count). The molecule has 3 heterocycles. The Morgan fingerprint density at radius 3 is 3.00 bits per heavy atom. The van der Waals surface area contributed by atoms with Crippen molar-refractivity contribution in [3.8, 4) is 23.0 Å². The van der Waals surface area contributed by atoms with Gasteiger partial charge in [-0.05, 0) is 12.1 Å². The van der Waals surface area contributed by atoms with Crippen LogP contribution in [0.25, 0.3) is 23.0 Å². The maximum absolute atomic E-state index is 5.49. The van der Waals surface area contributed by atoms with E-state index >= 15 is 0 Å². The topological polar surface area (TPSA) is 107 Å². The number of aromatic amines is 1. The smallest absolute Gasteiger partial charge is 0.276 e. The first-order valence-corrected chi connectivity index (χ1v) is 4.88. The minimum Gasteiger partial charge on any atom is -0.382 e. The highest BCUT2D eigenvalue weighted by Gasteiger charge is 2.12. The normalized spacial score (nSPS) is 10.6. The zero-order chi connectivity index (χ0) is 11.7. The van der Waals surface area contributed by atoms with E-state index < -0.39 is 0 Å². The van der Waals surface area contributed by atoms with Crippen LogP contribution in [0.15, 0.2) is 35.1 Å². The Balaban J connectivity index is 1.99. The number of pyridine rings is 1. The largest absolute Gasteiger partial charge is 0.382 e. The molecule has 3 aromatic heterocycles. The number of H-pyrrole nitrogens is 1. The van der Waals surface area contributed by atoms with Crippen LogP contribution in [0, 0.1) is 0 Å². The highest BCUT2D eigenvalue weighted by Crippen LogP contribution is 2.20. The van der Waals surface area contributed by atoms with Crippen molar-refractivity contribution >= 4 is 5.82 Å². The molecule has 0 unspecified atom stereocenters. The van der Waals surface area contributed by atoms with Gasteiger partial charge in [-0.3, -0.25) is 10.1 Å². The van der Waals surface area contributed by atoms with E-state index in [0.29, 0.717) is 23.2 Å². The van der Waals surface area contributed by atoms with E-state index in [2.05, 4.69) is 25.3 Å². The van der Waals surface area contributed by atoms with E-state index in [1.54, 1.807) is 24.5 Å². The molecule has 7 nitrogen and oxygen atoms in total. The Morgan fingerprint density at radius 2 is 2.29 bits per heavy atom. The fraction of sp³-hybridized carbons (Fsp3) is 0. The van der Waals surface area contributed by atoms with Gasteiger partial charge < -0.3 is 10.3 Å². The first-order valence-electron chi connectivity index (χ1n) is 4.88. The number of nitrogens with zero attached hydrogens (tertiary/aromatic N) is 4. The Labute approximate surface area is 95.7 Å². The summed E-state index contributed by atoms with van der Waals surface area (Å²) < 4.78 is 5.10. The molecule has 0 radical (unpaired) electrons. The molecule has 0 amide bonds. The number of rotatable bonds is 2. The molecule has 3 aromatic rings. The van der Waals surface area contributed by atoms with Crippen molar-refractivity contribution in [2.75, 3.05) is 5.73 Å². The van der Waals surface area contributed by atoms with Crippen molar-refractivity contribution in [1.29, 1.82) is 0 Å². The van der Waals surface area contributed by atoms with Gasteiger partial charge in [0, 0.05) is 24.0 Å². The number of nitrogen functional groups attached to an aromatic ring is 1.